The summed E-state index contributed by atoms with van der Waals surface area (Å²) in [4.78, 5) is 25.9. The first-order chi connectivity index (χ1) is 14.3. The number of hydrogen-bond donors (Lipinski definition) is 1. The number of nitrogens with two attached hydrogens (primary N) is 1. The maximum absolute atomic E-state index is 13.1. The van der Waals surface area contributed by atoms with Crippen LogP contribution in [0.3, 0.4) is 0 Å². The second kappa shape index (κ2) is 9.21. The Morgan fingerprint density at radius 2 is 1.90 bits per heavy atom. The Hall–Kier alpha value is -2.34. The summed E-state index contributed by atoms with van der Waals surface area (Å²) < 4.78 is 17.0. The van der Waals surface area contributed by atoms with Gasteiger partial charge in [-0.3, -0.25) is 15.3 Å². The fourth-order valence-corrected chi connectivity index (χ4v) is 4.33. The van der Waals surface area contributed by atoms with E-state index < -0.39 is 24.0 Å². The van der Waals surface area contributed by atoms with Crippen molar-refractivity contribution in [2.45, 2.75) is 65.5 Å². The van der Waals surface area contributed by atoms with E-state index in [1.54, 1.807) is 6.92 Å². The van der Waals surface area contributed by atoms with Crippen LogP contribution >= 0.6 is 0 Å². The monoisotopic (exact) mass is 415 g/mol. The van der Waals surface area contributed by atoms with Gasteiger partial charge in [-0.1, -0.05) is 39.3 Å². The van der Waals surface area contributed by atoms with Crippen molar-refractivity contribution in [2.75, 3.05) is 13.2 Å². The van der Waals surface area contributed by atoms with Crippen LogP contribution in [0.5, 0.6) is 5.75 Å². The summed E-state index contributed by atoms with van der Waals surface area (Å²) in [5, 5.41) is 0. The molecule has 0 radical (unpaired) electrons. The van der Waals surface area contributed by atoms with Crippen LogP contribution in [0.15, 0.2) is 35.6 Å². The van der Waals surface area contributed by atoms with Crippen molar-refractivity contribution >= 4 is 11.8 Å². The molecule has 0 bridgehead atoms. The van der Waals surface area contributed by atoms with Crippen molar-refractivity contribution in [3.05, 3.63) is 41.2 Å². The molecule has 0 amide bonds. The first kappa shape index (κ1) is 22.3. The van der Waals surface area contributed by atoms with Crippen LogP contribution in [0.1, 0.15) is 64.9 Å². The maximum Gasteiger partial charge on any atom is 0.315 e. The number of carbonyl (C=O) groups is 2. The van der Waals surface area contributed by atoms with Crippen LogP contribution in [0.2, 0.25) is 0 Å². The number of ketones is 1. The largest absolute Gasteiger partial charge is 0.494 e. The molecule has 1 aliphatic carbocycles. The molecule has 6 nitrogen and oxygen atoms in total. The molecule has 1 heterocycles. The van der Waals surface area contributed by atoms with Crippen molar-refractivity contribution in [2.24, 2.45) is 17.1 Å². The van der Waals surface area contributed by atoms with Crippen molar-refractivity contribution in [1.82, 2.24) is 0 Å². The van der Waals surface area contributed by atoms with Crippen LogP contribution in [0, 0.1) is 11.3 Å². The zero-order valence-corrected chi connectivity index (χ0v) is 18.4. The number of unbranched alkanes of at least 4 members (excludes halogenated alkanes) is 1. The Morgan fingerprint density at radius 1 is 1.20 bits per heavy atom. The summed E-state index contributed by atoms with van der Waals surface area (Å²) in [7, 11) is 0. The van der Waals surface area contributed by atoms with Gasteiger partial charge >= 0.3 is 5.97 Å². The highest BCUT2D eigenvalue weighted by Crippen LogP contribution is 2.49. The molecule has 30 heavy (non-hydrogen) atoms. The van der Waals surface area contributed by atoms with E-state index in [4.69, 9.17) is 19.9 Å². The van der Waals surface area contributed by atoms with E-state index in [9.17, 15) is 9.59 Å². The molecule has 0 saturated carbocycles. The van der Waals surface area contributed by atoms with Gasteiger partial charge in [0.1, 0.15) is 17.4 Å². The van der Waals surface area contributed by atoms with Crippen LogP contribution < -0.4 is 10.5 Å². The van der Waals surface area contributed by atoms with Gasteiger partial charge in [0.25, 0.3) is 0 Å². The maximum atomic E-state index is 13.1. The summed E-state index contributed by atoms with van der Waals surface area (Å²) in [5.74, 6) is -0.325. The van der Waals surface area contributed by atoms with Crippen LogP contribution in [0.25, 0.3) is 0 Å². The smallest absolute Gasteiger partial charge is 0.315 e. The molecule has 0 spiro atoms. The number of carbonyl (C=O) groups excluding carboxylic acids is 2. The van der Waals surface area contributed by atoms with E-state index in [2.05, 4.69) is 6.92 Å². The van der Waals surface area contributed by atoms with Crippen LogP contribution in [0.4, 0.5) is 0 Å². The third kappa shape index (κ3) is 4.69. The lowest BCUT2D eigenvalue weighted by molar-refractivity contribution is -0.155. The fraction of sp³-hybridized carbons (Fsp3) is 0.583. The van der Waals surface area contributed by atoms with Gasteiger partial charge in [-0.15, -0.1) is 0 Å². The molecule has 3 rings (SSSR count). The van der Waals surface area contributed by atoms with E-state index >= 15 is 0 Å². The van der Waals surface area contributed by atoms with Gasteiger partial charge in [-0.25, -0.2) is 0 Å². The molecule has 0 aromatic heterocycles. The zero-order valence-electron chi connectivity index (χ0n) is 18.4. The van der Waals surface area contributed by atoms with E-state index in [0.717, 1.165) is 24.2 Å². The first-order valence-electron chi connectivity index (χ1n) is 10.8. The predicted molar refractivity (Wildman–Crippen MR) is 114 cm³/mol. The normalized spacial score (nSPS) is 25.4. The standard InChI is InChI=1S/C24H33NO5/c1-5-7-12-29-16-10-8-15(9-11-16)19-20-17(26)13-24(3,4)14-18(20)30-22(25)21(19)23(27)28-6-2/h8-11,19,21-22H,5-7,12-14,25H2,1-4H3. The van der Waals surface area contributed by atoms with E-state index in [-0.39, 0.29) is 17.8 Å². The Balaban J connectivity index is 2.00. The molecule has 2 aliphatic rings. The highest BCUT2D eigenvalue weighted by atomic mass is 16.5. The first-order valence-corrected chi connectivity index (χ1v) is 10.8. The minimum Gasteiger partial charge on any atom is -0.494 e. The summed E-state index contributed by atoms with van der Waals surface area (Å²) in [6, 6.07) is 7.58. The third-order valence-electron chi connectivity index (χ3n) is 5.75. The highest BCUT2D eigenvalue weighted by Gasteiger charge is 2.49. The molecule has 6 heteroatoms. The Kier molecular flexibility index (Phi) is 6.86. The number of hydrogen-bond acceptors (Lipinski definition) is 6. The lowest BCUT2D eigenvalue weighted by Gasteiger charge is -2.42. The van der Waals surface area contributed by atoms with Crippen molar-refractivity contribution in [1.29, 1.82) is 0 Å². The van der Waals surface area contributed by atoms with Gasteiger partial charge in [0, 0.05) is 24.3 Å². The van der Waals surface area contributed by atoms with Crippen molar-refractivity contribution in [3.63, 3.8) is 0 Å². The summed E-state index contributed by atoms with van der Waals surface area (Å²) in [5.41, 5.74) is 7.50. The van der Waals surface area contributed by atoms with Crippen molar-refractivity contribution in [3.8, 4) is 5.75 Å². The molecule has 0 fully saturated rings. The molecule has 3 atom stereocenters. The molecule has 164 valence electrons. The predicted octanol–water partition coefficient (Wildman–Crippen LogP) is 4.09. The number of ether oxygens (including phenoxy) is 3. The van der Waals surface area contributed by atoms with Gasteiger partial charge in [0.15, 0.2) is 12.0 Å². The minimum absolute atomic E-state index is 0.00993. The lowest BCUT2D eigenvalue weighted by Crippen LogP contribution is -2.48. The number of rotatable bonds is 7. The highest BCUT2D eigenvalue weighted by molar-refractivity contribution is 6.00. The minimum atomic E-state index is -0.866. The second-order valence-corrected chi connectivity index (χ2v) is 8.89. The number of Topliss-reactive ketones (excluding diaryl/α,β-unsaturated/α-hetero) is 1. The van der Waals surface area contributed by atoms with Crippen molar-refractivity contribution < 1.29 is 23.8 Å². The quantitative estimate of drug-likeness (QED) is 0.533. The van der Waals surface area contributed by atoms with E-state index in [1.807, 2.05) is 38.1 Å². The molecular weight excluding hydrogens is 382 g/mol. The SMILES string of the molecule is CCCCOc1ccc(C2C3=C(CC(C)(C)CC3=O)OC(N)C2C(=O)OCC)cc1. The fourth-order valence-electron chi connectivity index (χ4n) is 4.33. The number of allylic oxidation sites excluding steroid dienone is 2. The topological polar surface area (TPSA) is 87.9 Å². The van der Waals surface area contributed by atoms with E-state index in [0.29, 0.717) is 30.8 Å². The molecule has 1 aromatic rings. The summed E-state index contributed by atoms with van der Waals surface area (Å²) >= 11 is 0. The number of esters is 1. The van der Waals surface area contributed by atoms with Gasteiger partial charge in [0.2, 0.25) is 0 Å². The summed E-state index contributed by atoms with van der Waals surface area (Å²) in [6.07, 6.45) is 2.22. The number of benzene rings is 1. The van der Waals surface area contributed by atoms with Gasteiger partial charge in [-0.05, 0) is 36.5 Å². The molecule has 0 saturated heterocycles. The third-order valence-corrected chi connectivity index (χ3v) is 5.75. The molecule has 2 N–H and O–H groups in total. The summed E-state index contributed by atoms with van der Waals surface area (Å²) in [6.45, 7) is 8.85. The van der Waals surface area contributed by atoms with Crippen LogP contribution in [-0.2, 0) is 19.1 Å². The van der Waals surface area contributed by atoms with Gasteiger partial charge < -0.3 is 14.2 Å². The van der Waals surface area contributed by atoms with E-state index in [1.165, 1.54) is 0 Å². The Labute approximate surface area is 178 Å². The Morgan fingerprint density at radius 3 is 2.53 bits per heavy atom. The average Bonchev–Trinajstić information content (AvgIpc) is 2.67. The zero-order chi connectivity index (χ0) is 21.9. The molecule has 3 unspecified atom stereocenters. The average molecular weight is 416 g/mol. The molecule has 1 aliphatic heterocycles. The Bertz CT molecular complexity index is 811. The molecule has 1 aromatic carbocycles. The second-order valence-electron chi connectivity index (χ2n) is 8.89. The van der Waals surface area contributed by atoms with Gasteiger partial charge in [-0.2, -0.15) is 0 Å². The lowest BCUT2D eigenvalue weighted by atomic mass is 9.68. The van der Waals surface area contributed by atoms with Crippen LogP contribution in [-0.4, -0.2) is 31.2 Å². The molecular formula is C24H33NO5. The van der Waals surface area contributed by atoms with Gasteiger partial charge in [0.05, 0.1) is 13.2 Å².